The molecule has 0 aliphatic carbocycles. The van der Waals surface area contributed by atoms with Crippen molar-refractivity contribution in [1.82, 2.24) is 5.32 Å². The second-order valence-electron chi connectivity index (χ2n) is 7.43. The van der Waals surface area contributed by atoms with E-state index in [1.165, 1.54) is 17.9 Å². The average molecular weight is 388 g/mol. The minimum atomic E-state index is -0.547. The number of carbonyl (C=O) groups excluding carboxylic acids is 2. The van der Waals surface area contributed by atoms with Crippen molar-refractivity contribution in [3.05, 3.63) is 24.0 Å². The van der Waals surface area contributed by atoms with E-state index in [9.17, 15) is 14.0 Å². The Hall–Kier alpha value is -2.82. The molecule has 0 aromatic heterocycles. The van der Waals surface area contributed by atoms with Gasteiger partial charge < -0.3 is 15.0 Å². The largest absolute Gasteiger partial charge is 0.442 e. The molecule has 0 saturated carbocycles. The number of nitrogens with zero attached hydrogens (tertiary/aromatic N) is 3. The van der Waals surface area contributed by atoms with Crippen molar-refractivity contribution in [2.24, 2.45) is 11.8 Å². The van der Waals surface area contributed by atoms with Crippen LogP contribution in [-0.2, 0) is 9.53 Å². The third-order valence-corrected chi connectivity index (χ3v) is 5.49. The minimum absolute atomic E-state index is 0.0148. The van der Waals surface area contributed by atoms with Gasteiger partial charge in [0.1, 0.15) is 11.9 Å². The monoisotopic (exact) mass is 388 g/mol. The topological polar surface area (TPSA) is 85.7 Å². The zero-order chi connectivity index (χ0) is 20.3. The fourth-order valence-electron chi connectivity index (χ4n) is 3.76. The number of ether oxygens (including phenoxy) is 1. The van der Waals surface area contributed by atoms with E-state index < -0.39 is 12.2 Å². The first kappa shape index (κ1) is 19.9. The number of hydrogen-bond donors (Lipinski definition) is 1. The Morgan fingerprint density at radius 3 is 2.75 bits per heavy atom. The van der Waals surface area contributed by atoms with E-state index in [4.69, 9.17) is 10.00 Å². The van der Waals surface area contributed by atoms with Crippen LogP contribution < -0.4 is 15.1 Å². The number of amides is 2. The van der Waals surface area contributed by atoms with E-state index in [2.05, 4.69) is 11.4 Å². The smallest absolute Gasteiger partial charge is 0.414 e. The Kier molecular flexibility index (Phi) is 6.02. The van der Waals surface area contributed by atoms with Crippen molar-refractivity contribution in [3.63, 3.8) is 0 Å². The number of benzene rings is 1. The van der Waals surface area contributed by atoms with Crippen LogP contribution in [0.1, 0.15) is 26.7 Å². The standard InChI is InChI=1S/C20H25FN4O3/c1-13(10-22)15-5-7-24(8-6-15)19-4-3-16(9-18(19)21)25-12-17(28-20(25)27)11-23-14(2)26/h3-4,9,13,15,17H,5-8,11-12H2,1-2H3,(H,23,26). The van der Waals surface area contributed by atoms with Gasteiger partial charge >= 0.3 is 6.09 Å². The molecule has 2 fully saturated rings. The van der Waals surface area contributed by atoms with Crippen LogP contribution in [0.4, 0.5) is 20.6 Å². The van der Waals surface area contributed by atoms with E-state index in [1.807, 2.05) is 11.8 Å². The van der Waals surface area contributed by atoms with E-state index in [1.54, 1.807) is 12.1 Å². The van der Waals surface area contributed by atoms with E-state index in [0.29, 0.717) is 30.4 Å². The number of carbonyl (C=O) groups is 2. The van der Waals surface area contributed by atoms with Crippen molar-refractivity contribution < 1.29 is 18.7 Å². The number of anilines is 2. The molecule has 1 N–H and O–H groups in total. The maximum absolute atomic E-state index is 14.8. The highest BCUT2D eigenvalue weighted by Gasteiger charge is 2.33. The Balaban J connectivity index is 1.64. The van der Waals surface area contributed by atoms with Gasteiger partial charge in [-0.3, -0.25) is 9.69 Å². The normalized spacial score (nSPS) is 21.2. The molecule has 1 aromatic rings. The molecule has 2 aliphatic rings. The van der Waals surface area contributed by atoms with Crippen LogP contribution in [0.15, 0.2) is 18.2 Å². The molecule has 1 aromatic carbocycles. The van der Waals surface area contributed by atoms with Crippen molar-refractivity contribution >= 4 is 23.4 Å². The molecule has 2 aliphatic heterocycles. The molecular weight excluding hydrogens is 363 g/mol. The van der Waals surface area contributed by atoms with Crippen LogP contribution in [0.3, 0.4) is 0 Å². The third kappa shape index (κ3) is 4.35. The molecule has 2 saturated heterocycles. The highest BCUT2D eigenvalue weighted by molar-refractivity contribution is 5.90. The van der Waals surface area contributed by atoms with E-state index >= 15 is 0 Å². The number of cyclic esters (lactones) is 1. The second-order valence-corrected chi connectivity index (χ2v) is 7.43. The van der Waals surface area contributed by atoms with Gasteiger partial charge in [-0.25, -0.2) is 9.18 Å². The van der Waals surface area contributed by atoms with Gasteiger partial charge in [0, 0.05) is 25.9 Å². The molecule has 0 bridgehead atoms. The quantitative estimate of drug-likeness (QED) is 0.838. The molecular formula is C20H25FN4O3. The Morgan fingerprint density at radius 2 is 2.14 bits per heavy atom. The van der Waals surface area contributed by atoms with Gasteiger partial charge in [0.2, 0.25) is 5.91 Å². The van der Waals surface area contributed by atoms with Crippen molar-refractivity contribution in [2.75, 3.05) is 36.0 Å². The maximum atomic E-state index is 14.8. The fraction of sp³-hybridized carbons (Fsp3) is 0.550. The molecule has 2 unspecified atom stereocenters. The predicted molar refractivity (Wildman–Crippen MR) is 102 cm³/mol. The zero-order valence-electron chi connectivity index (χ0n) is 16.2. The summed E-state index contributed by atoms with van der Waals surface area (Å²) in [5.74, 6) is -0.218. The second kappa shape index (κ2) is 8.46. The summed E-state index contributed by atoms with van der Waals surface area (Å²) in [5, 5.41) is 11.7. The van der Waals surface area contributed by atoms with Gasteiger partial charge in [-0.15, -0.1) is 0 Å². The van der Waals surface area contributed by atoms with Crippen LogP contribution in [0.2, 0.25) is 0 Å². The summed E-state index contributed by atoms with van der Waals surface area (Å²) < 4.78 is 20.0. The van der Waals surface area contributed by atoms with Gasteiger partial charge in [0.15, 0.2) is 0 Å². The Bertz CT molecular complexity index is 786. The number of piperidine rings is 1. The van der Waals surface area contributed by atoms with Crippen LogP contribution in [0.25, 0.3) is 0 Å². The Morgan fingerprint density at radius 1 is 1.43 bits per heavy atom. The molecule has 0 spiro atoms. The molecule has 7 nitrogen and oxygen atoms in total. The number of nitrogens with one attached hydrogen (secondary N) is 1. The highest BCUT2D eigenvalue weighted by Crippen LogP contribution is 2.32. The van der Waals surface area contributed by atoms with Crippen LogP contribution >= 0.6 is 0 Å². The summed E-state index contributed by atoms with van der Waals surface area (Å²) >= 11 is 0. The lowest BCUT2D eigenvalue weighted by Gasteiger charge is -2.34. The summed E-state index contributed by atoms with van der Waals surface area (Å²) in [6.07, 6.45) is 0.715. The average Bonchev–Trinajstić information content (AvgIpc) is 3.06. The van der Waals surface area contributed by atoms with Crippen molar-refractivity contribution in [1.29, 1.82) is 5.26 Å². The molecule has 8 heteroatoms. The van der Waals surface area contributed by atoms with Crippen LogP contribution in [0.5, 0.6) is 0 Å². The molecule has 150 valence electrons. The lowest BCUT2D eigenvalue weighted by atomic mass is 9.86. The van der Waals surface area contributed by atoms with Gasteiger partial charge in [0.05, 0.1) is 30.5 Å². The van der Waals surface area contributed by atoms with Crippen molar-refractivity contribution in [3.8, 4) is 6.07 Å². The molecule has 28 heavy (non-hydrogen) atoms. The molecule has 2 amide bonds. The van der Waals surface area contributed by atoms with Gasteiger partial charge in [0.25, 0.3) is 0 Å². The summed E-state index contributed by atoms with van der Waals surface area (Å²) in [7, 11) is 0. The van der Waals surface area contributed by atoms with Crippen LogP contribution in [-0.4, -0.2) is 44.3 Å². The first-order valence-electron chi connectivity index (χ1n) is 9.55. The number of halogens is 1. The molecule has 3 rings (SSSR count). The summed E-state index contributed by atoms with van der Waals surface area (Å²) in [5.41, 5.74) is 0.943. The number of rotatable bonds is 5. The van der Waals surface area contributed by atoms with Gasteiger partial charge in [-0.05, 0) is 43.9 Å². The zero-order valence-corrected chi connectivity index (χ0v) is 16.2. The predicted octanol–water partition coefficient (Wildman–Crippen LogP) is 2.66. The van der Waals surface area contributed by atoms with E-state index in [0.717, 1.165) is 12.8 Å². The maximum Gasteiger partial charge on any atom is 0.414 e. The van der Waals surface area contributed by atoms with Gasteiger partial charge in [-0.1, -0.05) is 0 Å². The number of nitriles is 1. The number of hydrogen-bond acceptors (Lipinski definition) is 5. The minimum Gasteiger partial charge on any atom is -0.442 e. The molecule has 0 radical (unpaired) electrons. The summed E-state index contributed by atoms with van der Waals surface area (Å²) in [4.78, 5) is 26.5. The molecule has 2 atom stereocenters. The first-order chi connectivity index (χ1) is 13.4. The van der Waals surface area contributed by atoms with Crippen molar-refractivity contribution in [2.45, 2.75) is 32.8 Å². The summed E-state index contributed by atoms with van der Waals surface area (Å²) in [6, 6.07) is 7.05. The third-order valence-electron chi connectivity index (χ3n) is 5.49. The lowest BCUT2D eigenvalue weighted by Crippen LogP contribution is -2.36. The summed E-state index contributed by atoms with van der Waals surface area (Å²) in [6.45, 7) is 5.23. The molecule has 2 heterocycles. The highest BCUT2D eigenvalue weighted by atomic mass is 19.1. The van der Waals surface area contributed by atoms with Crippen LogP contribution in [0, 0.1) is 29.0 Å². The lowest BCUT2D eigenvalue weighted by molar-refractivity contribution is -0.119. The SMILES string of the molecule is CC(=O)NCC1CN(c2ccc(N3CCC(C(C)C#N)CC3)c(F)c2)C(=O)O1. The van der Waals surface area contributed by atoms with E-state index in [-0.39, 0.29) is 30.7 Å². The fourth-order valence-corrected chi connectivity index (χ4v) is 3.76. The van der Waals surface area contributed by atoms with Gasteiger partial charge in [-0.2, -0.15) is 5.26 Å². The first-order valence-corrected chi connectivity index (χ1v) is 9.55. The Labute approximate surface area is 164 Å².